The van der Waals surface area contributed by atoms with Gasteiger partial charge in [0.05, 0.1) is 22.2 Å². The van der Waals surface area contributed by atoms with Crippen molar-refractivity contribution in [2.75, 3.05) is 5.32 Å². The van der Waals surface area contributed by atoms with Crippen molar-refractivity contribution in [2.45, 2.75) is 4.90 Å². The molecule has 0 saturated carbocycles. The molecule has 0 atom stereocenters. The summed E-state index contributed by atoms with van der Waals surface area (Å²) >= 11 is 0. The van der Waals surface area contributed by atoms with E-state index in [9.17, 15) is 13.2 Å². The van der Waals surface area contributed by atoms with Crippen LogP contribution < -0.4 is 5.32 Å². The SMILES string of the molecule is N#Cc1cccc(S(=O)(=O)n2ccc(NC(=O)c3ccccn3)c2)c1. The molecular weight excluding hydrogens is 340 g/mol. The summed E-state index contributed by atoms with van der Waals surface area (Å²) in [7, 11) is -3.85. The second kappa shape index (κ2) is 6.59. The van der Waals surface area contributed by atoms with Crippen molar-refractivity contribution in [3.63, 3.8) is 0 Å². The third-order valence-corrected chi connectivity index (χ3v) is 4.99. The number of carbonyl (C=O) groups is 1. The predicted octanol–water partition coefficient (Wildman–Crippen LogP) is 2.24. The Balaban J connectivity index is 1.85. The molecule has 0 bridgehead atoms. The number of nitrogens with one attached hydrogen (secondary N) is 1. The third kappa shape index (κ3) is 3.41. The Hall–Kier alpha value is -3.44. The summed E-state index contributed by atoms with van der Waals surface area (Å²) in [6.45, 7) is 0. The second-order valence-corrected chi connectivity index (χ2v) is 6.89. The van der Waals surface area contributed by atoms with Gasteiger partial charge in [0.2, 0.25) is 0 Å². The Morgan fingerprint density at radius 3 is 2.72 bits per heavy atom. The molecule has 124 valence electrons. The summed E-state index contributed by atoms with van der Waals surface area (Å²) in [4.78, 5) is 16.0. The molecular formula is C17H12N4O3S. The van der Waals surface area contributed by atoms with Crippen LogP contribution in [0.4, 0.5) is 5.69 Å². The molecule has 0 aliphatic carbocycles. The molecule has 3 rings (SSSR count). The van der Waals surface area contributed by atoms with Crippen molar-refractivity contribution in [2.24, 2.45) is 0 Å². The maximum Gasteiger partial charge on any atom is 0.274 e. The molecule has 0 fully saturated rings. The van der Waals surface area contributed by atoms with Gasteiger partial charge in [0.1, 0.15) is 5.69 Å². The van der Waals surface area contributed by atoms with E-state index >= 15 is 0 Å². The predicted molar refractivity (Wildman–Crippen MR) is 90.4 cm³/mol. The van der Waals surface area contributed by atoms with Crippen LogP contribution >= 0.6 is 0 Å². The number of anilines is 1. The first kappa shape index (κ1) is 16.4. The molecule has 1 N–H and O–H groups in total. The molecule has 2 aromatic heterocycles. The standard InChI is InChI=1S/C17H12N4O3S/c18-11-13-4-3-5-15(10-13)25(23,24)21-9-7-14(12-21)20-17(22)16-6-1-2-8-19-16/h1-10,12H,(H,20,22). The molecule has 0 aliphatic heterocycles. The van der Waals surface area contributed by atoms with E-state index in [1.54, 1.807) is 18.2 Å². The number of benzene rings is 1. The molecule has 2 heterocycles. The number of pyridine rings is 1. The van der Waals surface area contributed by atoms with Crippen molar-refractivity contribution < 1.29 is 13.2 Å². The summed E-state index contributed by atoms with van der Waals surface area (Å²) in [5.41, 5.74) is 0.785. The van der Waals surface area contributed by atoms with Gasteiger partial charge in [0, 0.05) is 18.6 Å². The van der Waals surface area contributed by atoms with Gasteiger partial charge in [-0.1, -0.05) is 12.1 Å². The first-order chi connectivity index (χ1) is 12.0. The van der Waals surface area contributed by atoms with Crippen LogP contribution in [0.2, 0.25) is 0 Å². The van der Waals surface area contributed by atoms with Crippen LogP contribution in [0.3, 0.4) is 0 Å². The van der Waals surface area contributed by atoms with Gasteiger partial charge in [-0.05, 0) is 36.4 Å². The van der Waals surface area contributed by atoms with Crippen molar-refractivity contribution in [1.82, 2.24) is 8.96 Å². The maximum atomic E-state index is 12.6. The molecule has 8 heteroatoms. The van der Waals surface area contributed by atoms with Gasteiger partial charge >= 0.3 is 0 Å². The highest BCUT2D eigenvalue weighted by atomic mass is 32.2. The number of hydrogen-bond acceptors (Lipinski definition) is 5. The topological polar surface area (TPSA) is 105 Å². The van der Waals surface area contributed by atoms with E-state index < -0.39 is 15.9 Å². The largest absolute Gasteiger partial charge is 0.319 e. The van der Waals surface area contributed by atoms with Crippen molar-refractivity contribution >= 4 is 21.6 Å². The van der Waals surface area contributed by atoms with Gasteiger partial charge < -0.3 is 5.32 Å². The minimum Gasteiger partial charge on any atom is -0.319 e. The molecule has 0 unspecified atom stereocenters. The fourth-order valence-electron chi connectivity index (χ4n) is 2.14. The summed E-state index contributed by atoms with van der Waals surface area (Å²) in [5, 5.41) is 11.5. The lowest BCUT2D eigenvalue weighted by Gasteiger charge is -2.06. The summed E-state index contributed by atoms with van der Waals surface area (Å²) in [6.07, 6.45) is 4.10. The maximum absolute atomic E-state index is 12.6. The van der Waals surface area contributed by atoms with Crippen LogP contribution in [0, 0.1) is 11.3 Å². The lowest BCUT2D eigenvalue weighted by molar-refractivity contribution is 0.102. The van der Waals surface area contributed by atoms with E-state index in [1.807, 2.05) is 6.07 Å². The normalized spacial score (nSPS) is 10.8. The highest BCUT2D eigenvalue weighted by Gasteiger charge is 2.18. The first-order valence-electron chi connectivity index (χ1n) is 7.17. The Kier molecular flexibility index (Phi) is 4.33. The van der Waals surface area contributed by atoms with Crippen LogP contribution in [-0.4, -0.2) is 23.3 Å². The van der Waals surface area contributed by atoms with Crippen LogP contribution in [0.5, 0.6) is 0 Å². The van der Waals surface area contributed by atoms with Crippen molar-refractivity contribution in [1.29, 1.82) is 5.26 Å². The molecule has 0 spiro atoms. The monoisotopic (exact) mass is 352 g/mol. The molecule has 0 aliphatic rings. The third-order valence-electron chi connectivity index (χ3n) is 3.36. The van der Waals surface area contributed by atoms with Gasteiger partial charge in [-0.15, -0.1) is 0 Å². The van der Waals surface area contributed by atoms with E-state index in [-0.39, 0.29) is 16.2 Å². The summed E-state index contributed by atoms with van der Waals surface area (Å²) < 4.78 is 26.2. The van der Waals surface area contributed by atoms with Crippen LogP contribution in [0.15, 0.2) is 72.0 Å². The number of nitriles is 1. The lowest BCUT2D eigenvalue weighted by atomic mass is 10.2. The van der Waals surface area contributed by atoms with Crippen molar-refractivity contribution in [3.8, 4) is 6.07 Å². The molecule has 1 amide bonds. The van der Waals surface area contributed by atoms with Crippen LogP contribution in [-0.2, 0) is 10.0 Å². The van der Waals surface area contributed by atoms with Gasteiger partial charge in [-0.2, -0.15) is 5.26 Å². The minimum atomic E-state index is -3.85. The highest BCUT2D eigenvalue weighted by Crippen LogP contribution is 2.18. The number of carbonyl (C=O) groups excluding carboxylic acids is 1. The molecule has 25 heavy (non-hydrogen) atoms. The smallest absolute Gasteiger partial charge is 0.274 e. The lowest BCUT2D eigenvalue weighted by Crippen LogP contribution is -2.14. The van der Waals surface area contributed by atoms with Gasteiger partial charge in [0.15, 0.2) is 0 Å². The van der Waals surface area contributed by atoms with E-state index in [0.717, 1.165) is 3.97 Å². The average molecular weight is 352 g/mol. The van der Waals surface area contributed by atoms with E-state index in [1.165, 1.54) is 48.9 Å². The number of nitrogens with zero attached hydrogens (tertiary/aromatic N) is 3. The summed E-state index contributed by atoms with van der Waals surface area (Å²) in [6, 6.07) is 14.0. The van der Waals surface area contributed by atoms with Crippen LogP contribution in [0.25, 0.3) is 0 Å². The van der Waals surface area contributed by atoms with Crippen molar-refractivity contribution in [3.05, 3.63) is 78.4 Å². The molecule has 1 aromatic carbocycles. The Bertz CT molecular complexity index is 1070. The Labute approximate surface area is 144 Å². The zero-order chi connectivity index (χ0) is 17.9. The van der Waals surface area contributed by atoms with E-state index in [0.29, 0.717) is 5.69 Å². The molecule has 0 radical (unpaired) electrons. The van der Waals surface area contributed by atoms with Crippen LogP contribution in [0.1, 0.15) is 16.1 Å². The van der Waals surface area contributed by atoms with Gasteiger partial charge in [-0.25, -0.2) is 12.4 Å². The molecule has 3 aromatic rings. The quantitative estimate of drug-likeness (QED) is 0.775. The Morgan fingerprint density at radius 1 is 1.16 bits per heavy atom. The number of rotatable bonds is 4. The number of aromatic nitrogens is 2. The average Bonchev–Trinajstić information content (AvgIpc) is 3.12. The first-order valence-corrected chi connectivity index (χ1v) is 8.61. The zero-order valence-electron chi connectivity index (χ0n) is 12.8. The minimum absolute atomic E-state index is 0.00949. The second-order valence-electron chi connectivity index (χ2n) is 5.04. The fraction of sp³-hybridized carbons (Fsp3) is 0. The fourth-order valence-corrected chi connectivity index (χ4v) is 3.38. The number of amides is 1. The molecule has 7 nitrogen and oxygen atoms in total. The van der Waals surface area contributed by atoms with Gasteiger partial charge in [0.25, 0.3) is 15.9 Å². The van der Waals surface area contributed by atoms with Gasteiger partial charge in [-0.3, -0.25) is 9.78 Å². The van der Waals surface area contributed by atoms with E-state index in [4.69, 9.17) is 5.26 Å². The highest BCUT2D eigenvalue weighted by molar-refractivity contribution is 7.90. The Morgan fingerprint density at radius 2 is 2.00 bits per heavy atom. The zero-order valence-corrected chi connectivity index (χ0v) is 13.6. The molecule has 0 saturated heterocycles. The summed E-state index contributed by atoms with van der Waals surface area (Å²) in [5.74, 6) is -0.442. The van der Waals surface area contributed by atoms with E-state index in [2.05, 4.69) is 10.3 Å². The number of hydrogen-bond donors (Lipinski definition) is 1.